The summed E-state index contributed by atoms with van der Waals surface area (Å²) in [6.45, 7) is 14.4. The lowest BCUT2D eigenvalue weighted by molar-refractivity contribution is -0.138. The van der Waals surface area contributed by atoms with Crippen LogP contribution in [0.4, 0.5) is 0 Å². The Hall–Kier alpha value is -1.04. The third-order valence-electron chi connectivity index (χ3n) is 4.39. The quantitative estimate of drug-likeness (QED) is 0.755. The molecule has 0 N–H and O–H groups in total. The van der Waals surface area contributed by atoms with Gasteiger partial charge in [-0.2, -0.15) is 5.26 Å². The highest BCUT2D eigenvalue weighted by molar-refractivity contribution is 5.83. The number of likely N-dealkylation sites (tertiary alicyclic amines) is 1. The molecule has 3 unspecified atom stereocenters. The molecule has 1 aliphatic rings. The summed E-state index contributed by atoms with van der Waals surface area (Å²) in [5.74, 6) is 0.0824. The largest absolute Gasteiger partial charge is 0.333 e. The first-order valence-corrected chi connectivity index (χ1v) is 6.78. The van der Waals surface area contributed by atoms with E-state index in [4.69, 9.17) is 0 Å². The van der Waals surface area contributed by atoms with Gasteiger partial charge in [-0.1, -0.05) is 20.8 Å². The number of hydrogen-bond donors (Lipinski definition) is 0. The van der Waals surface area contributed by atoms with Gasteiger partial charge in [0, 0.05) is 12.0 Å². The Balaban J connectivity index is 3.21. The van der Waals surface area contributed by atoms with Crippen LogP contribution in [-0.2, 0) is 4.79 Å². The number of carbonyl (C=O) groups is 1. The van der Waals surface area contributed by atoms with Crippen LogP contribution in [0.2, 0.25) is 0 Å². The van der Waals surface area contributed by atoms with Crippen molar-refractivity contribution in [3.05, 3.63) is 0 Å². The molecule has 1 heterocycles. The second-order valence-electron chi connectivity index (χ2n) is 7.13. The number of hydrogen-bond acceptors (Lipinski definition) is 2. The molecule has 0 aromatic heterocycles. The zero-order valence-electron chi connectivity index (χ0n) is 12.7. The maximum atomic E-state index is 12.6. The molecule has 1 saturated heterocycles. The predicted molar refractivity (Wildman–Crippen MR) is 72.7 cm³/mol. The molecular weight excluding hydrogens is 224 g/mol. The molecule has 1 amide bonds. The van der Waals surface area contributed by atoms with E-state index in [0.29, 0.717) is 0 Å². The molecule has 0 aromatic carbocycles. The lowest BCUT2D eigenvalue weighted by Gasteiger charge is -2.40. The van der Waals surface area contributed by atoms with Crippen molar-refractivity contribution in [3.63, 3.8) is 0 Å². The second kappa shape index (κ2) is 4.57. The molecule has 18 heavy (non-hydrogen) atoms. The summed E-state index contributed by atoms with van der Waals surface area (Å²) in [4.78, 5) is 14.6. The van der Waals surface area contributed by atoms with Crippen molar-refractivity contribution in [2.24, 2.45) is 17.3 Å². The van der Waals surface area contributed by atoms with E-state index in [0.717, 1.165) is 6.42 Å². The van der Waals surface area contributed by atoms with Crippen LogP contribution in [0, 0.1) is 28.6 Å². The molecule has 0 bridgehead atoms. The Labute approximate surface area is 111 Å². The molecular formula is C15H26N2O. The Morgan fingerprint density at radius 3 is 2.22 bits per heavy atom. The molecule has 102 valence electrons. The summed E-state index contributed by atoms with van der Waals surface area (Å²) in [6.07, 6.45) is 0.780. The highest BCUT2D eigenvalue weighted by atomic mass is 16.2. The average Bonchev–Trinajstić information content (AvgIpc) is 2.50. The van der Waals surface area contributed by atoms with Gasteiger partial charge in [0.15, 0.2) is 0 Å². The molecule has 1 rings (SSSR count). The van der Waals surface area contributed by atoms with Crippen molar-refractivity contribution < 1.29 is 4.79 Å². The van der Waals surface area contributed by atoms with Gasteiger partial charge >= 0.3 is 0 Å². The predicted octanol–water partition coefficient (Wildman–Crippen LogP) is 3.21. The minimum atomic E-state index is -0.335. The van der Waals surface area contributed by atoms with Gasteiger partial charge < -0.3 is 4.90 Å². The van der Waals surface area contributed by atoms with Gasteiger partial charge in [-0.05, 0) is 39.5 Å². The average molecular weight is 250 g/mol. The first kappa shape index (κ1) is 15.0. The van der Waals surface area contributed by atoms with E-state index in [1.165, 1.54) is 0 Å². The van der Waals surface area contributed by atoms with Gasteiger partial charge in [0.2, 0.25) is 5.91 Å². The standard InChI is InChI=1S/C15H26N2O/c1-10(2)17-13(18)12(14(4,5)6)8-15(17,7)11(3)9-16/h10-12H,8H2,1-7H3. The fourth-order valence-corrected chi connectivity index (χ4v) is 3.06. The summed E-state index contributed by atoms with van der Waals surface area (Å²) in [6, 6.07) is 2.48. The number of rotatable bonds is 2. The van der Waals surface area contributed by atoms with Gasteiger partial charge in [0.05, 0.1) is 17.5 Å². The molecule has 3 atom stereocenters. The molecule has 3 heteroatoms. The number of nitrogens with zero attached hydrogens (tertiary/aromatic N) is 2. The summed E-state index contributed by atoms with van der Waals surface area (Å²) >= 11 is 0. The topological polar surface area (TPSA) is 44.1 Å². The van der Waals surface area contributed by atoms with E-state index in [9.17, 15) is 10.1 Å². The molecule has 0 spiro atoms. The Kier molecular flexibility index (Phi) is 3.81. The summed E-state index contributed by atoms with van der Waals surface area (Å²) in [5, 5.41) is 9.25. The van der Waals surface area contributed by atoms with Crippen LogP contribution < -0.4 is 0 Å². The lowest BCUT2D eigenvalue weighted by atomic mass is 9.74. The highest BCUT2D eigenvalue weighted by Crippen LogP contribution is 2.47. The van der Waals surface area contributed by atoms with Crippen molar-refractivity contribution in [1.29, 1.82) is 5.26 Å². The summed E-state index contributed by atoms with van der Waals surface area (Å²) < 4.78 is 0. The Morgan fingerprint density at radius 2 is 1.89 bits per heavy atom. The van der Waals surface area contributed by atoms with Gasteiger partial charge in [0.1, 0.15) is 0 Å². The molecule has 1 fully saturated rings. The van der Waals surface area contributed by atoms with Crippen molar-refractivity contribution >= 4 is 5.91 Å². The molecule has 3 nitrogen and oxygen atoms in total. The highest BCUT2D eigenvalue weighted by Gasteiger charge is 2.54. The maximum absolute atomic E-state index is 12.6. The maximum Gasteiger partial charge on any atom is 0.227 e. The minimum absolute atomic E-state index is 0.0145. The van der Waals surface area contributed by atoms with Crippen molar-refractivity contribution in [1.82, 2.24) is 4.90 Å². The first-order valence-electron chi connectivity index (χ1n) is 6.78. The monoisotopic (exact) mass is 250 g/mol. The van der Waals surface area contributed by atoms with Crippen LogP contribution in [-0.4, -0.2) is 22.4 Å². The summed E-state index contributed by atoms with van der Waals surface area (Å²) in [7, 11) is 0. The van der Waals surface area contributed by atoms with Crippen molar-refractivity contribution in [2.45, 2.75) is 66.5 Å². The summed E-state index contributed by atoms with van der Waals surface area (Å²) in [5.41, 5.74) is -0.380. The van der Waals surface area contributed by atoms with Crippen LogP contribution in [0.25, 0.3) is 0 Å². The van der Waals surface area contributed by atoms with Gasteiger partial charge in [-0.25, -0.2) is 0 Å². The molecule has 1 aliphatic heterocycles. The van der Waals surface area contributed by atoms with Crippen LogP contribution in [0.15, 0.2) is 0 Å². The molecule has 0 aliphatic carbocycles. The van der Waals surface area contributed by atoms with Crippen LogP contribution in [0.5, 0.6) is 0 Å². The Morgan fingerprint density at radius 1 is 1.39 bits per heavy atom. The Bertz CT molecular complexity index is 375. The van der Waals surface area contributed by atoms with Crippen LogP contribution in [0.1, 0.15) is 54.9 Å². The number of amides is 1. The second-order valence-corrected chi connectivity index (χ2v) is 7.13. The van der Waals surface area contributed by atoms with Crippen molar-refractivity contribution in [3.8, 4) is 6.07 Å². The van der Waals surface area contributed by atoms with E-state index >= 15 is 0 Å². The lowest BCUT2D eigenvalue weighted by Crippen LogP contribution is -2.51. The van der Waals surface area contributed by atoms with Crippen LogP contribution in [0.3, 0.4) is 0 Å². The number of carbonyl (C=O) groups excluding carboxylic acids is 1. The van der Waals surface area contributed by atoms with E-state index in [1.54, 1.807) is 0 Å². The molecule has 0 aromatic rings. The van der Waals surface area contributed by atoms with E-state index < -0.39 is 0 Å². The van der Waals surface area contributed by atoms with Gasteiger partial charge in [0.25, 0.3) is 0 Å². The van der Waals surface area contributed by atoms with Crippen LogP contribution >= 0.6 is 0 Å². The van der Waals surface area contributed by atoms with Gasteiger partial charge in [-0.15, -0.1) is 0 Å². The minimum Gasteiger partial charge on any atom is -0.333 e. The smallest absolute Gasteiger partial charge is 0.227 e. The van der Waals surface area contributed by atoms with Gasteiger partial charge in [-0.3, -0.25) is 4.79 Å². The van der Waals surface area contributed by atoms with E-state index in [1.807, 2.05) is 25.7 Å². The zero-order chi connectivity index (χ0) is 14.3. The fourth-order valence-electron chi connectivity index (χ4n) is 3.06. The van der Waals surface area contributed by atoms with E-state index in [2.05, 4.69) is 33.8 Å². The SMILES string of the molecule is CC(C)N1C(=O)C(C(C)(C)C)CC1(C)C(C)C#N. The van der Waals surface area contributed by atoms with E-state index in [-0.39, 0.29) is 34.7 Å². The van der Waals surface area contributed by atoms with Crippen molar-refractivity contribution in [2.75, 3.05) is 0 Å². The zero-order valence-corrected chi connectivity index (χ0v) is 12.7. The normalized spacial score (nSPS) is 30.7. The molecule has 0 radical (unpaired) electrons. The third kappa shape index (κ3) is 2.25. The third-order valence-corrected chi connectivity index (χ3v) is 4.39. The fraction of sp³-hybridized carbons (Fsp3) is 0.867. The first-order chi connectivity index (χ1) is 8.05. The number of nitriles is 1. The molecule has 0 saturated carbocycles.